The van der Waals surface area contributed by atoms with E-state index in [0.29, 0.717) is 11.4 Å². The highest BCUT2D eigenvalue weighted by Gasteiger charge is 2.34. The molecule has 0 aliphatic heterocycles. The molecule has 0 radical (unpaired) electrons. The Morgan fingerprint density at radius 2 is 1.80 bits per heavy atom. The van der Waals surface area contributed by atoms with Gasteiger partial charge in [0.2, 0.25) is 0 Å². The summed E-state index contributed by atoms with van der Waals surface area (Å²) in [5.74, 6) is -0.588. The van der Waals surface area contributed by atoms with Gasteiger partial charge in [-0.25, -0.2) is 0 Å². The maximum atomic E-state index is 13.5. The number of benzene rings is 2. The second kappa shape index (κ2) is 8.31. The molecule has 0 fully saturated rings. The zero-order chi connectivity index (χ0) is 22.1. The van der Waals surface area contributed by atoms with Crippen molar-refractivity contribution in [1.82, 2.24) is 4.57 Å². The molecule has 0 spiro atoms. The highest BCUT2D eigenvalue weighted by atomic mass is 35.5. The van der Waals surface area contributed by atoms with Gasteiger partial charge in [-0.3, -0.25) is 4.79 Å². The third-order valence-corrected chi connectivity index (χ3v) is 4.77. The van der Waals surface area contributed by atoms with Crippen LogP contribution in [0.15, 0.2) is 54.9 Å². The van der Waals surface area contributed by atoms with Crippen LogP contribution in [0.2, 0.25) is 5.02 Å². The number of carbonyl (C=O) groups excluding carboxylic acids is 1. The minimum atomic E-state index is -4.64. The van der Waals surface area contributed by atoms with Crippen molar-refractivity contribution >= 4 is 28.9 Å². The molecular formula is C21H19ClF3N3O2. The minimum Gasteiger partial charge on any atom is -0.496 e. The number of amides is 1. The van der Waals surface area contributed by atoms with Crippen molar-refractivity contribution in [3.8, 4) is 11.4 Å². The molecule has 1 aromatic heterocycles. The molecule has 0 atom stereocenters. The van der Waals surface area contributed by atoms with Crippen molar-refractivity contribution < 1.29 is 22.7 Å². The Labute approximate surface area is 176 Å². The Kier molecular flexibility index (Phi) is 5.98. The quantitative estimate of drug-likeness (QED) is 0.575. The molecule has 0 saturated heterocycles. The number of halogens is 4. The number of nitrogens with zero attached hydrogens (tertiary/aromatic N) is 2. The summed E-state index contributed by atoms with van der Waals surface area (Å²) < 4.78 is 47.7. The fourth-order valence-electron chi connectivity index (χ4n) is 2.93. The minimum absolute atomic E-state index is 0.0169. The van der Waals surface area contributed by atoms with Crippen LogP contribution < -0.4 is 15.0 Å². The summed E-state index contributed by atoms with van der Waals surface area (Å²) in [5.41, 5.74) is -0.358. The Morgan fingerprint density at radius 1 is 1.13 bits per heavy atom. The molecule has 1 heterocycles. The number of carbonyl (C=O) groups is 1. The summed E-state index contributed by atoms with van der Waals surface area (Å²) in [7, 11) is 4.63. The van der Waals surface area contributed by atoms with Gasteiger partial charge in [-0.2, -0.15) is 13.2 Å². The predicted molar refractivity (Wildman–Crippen MR) is 111 cm³/mol. The molecule has 0 aliphatic rings. The average Bonchev–Trinajstić information content (AvgIpc) is 3.21. The van der Waals surface area contributed by atoms with Crippen molar-refractivity contribution in [2.24, 2.45) is 0 Å². The van der Waals surface area contributed by atoms with Crippen LogP contribution in [0.25, 0.3) is 5.69 Å². The van der Waals surface area contributed by atoms with Crippen molar-refractivity contribution in [1.29, 1.82) is 0 Å². The maximum Gasteiger partial charge on any atom is 0.418 e. The van der Waals surface area contributed by atoms with Gasteiger partial charge in [0, 0.05) is 38.2 Å². The molecule has 2 aromatic carbocycles. The average molecular weight is 438 g/mol. The Hall–Kier alpha value is -3.13. The van der Waals surface area contributed by atoms with Crippen LogP contribution in [0, 0.1) is 0 Å². The van der Waals surface area contributed by atoms with Crippen molar-refractivity contribution in [2.75, 3.05) is 31.4 Å². The van der Waals surface area contributed by atoms with E-state index >= 15 is 0 Å². The summed E-state index contributed by atoms with van der Waals surface area (Å²) >= 11 is 6.31. The third-order valence-electron chi connectivity index (χ3n) is 4.47. The van der Waals surface area contributed by atoms with Crippen LogP contribution in [0.1, 0.15) is 15.9 Å². The Morgan fingerprint density at radius 3 is 2.37 bits per heavy atom. The van der Waals surface area contributed by atoms with Crippen molar-refractivity contribution in [3.63, 3.8) is 0 Å². The van der Waals surface area contributed by atoms with Crippen LogP contribution in [0.3, 0.4) is 0 Å². The van der Waals surface area contributed by atoms with Gasteiger partial charge in [0.1, 0.15) is 5.75 Å². The number of rotatable bonds is 5. The van der Waals surface area contributed by atoms with Gasteiger partial charge in [-0.15, -0.1) is 0 Å². The van der Waals surface area contributed by atoms with Gasteiger partial charge >= 0.3 is 6.18 Å². The molecule has 1 amide bonds. The van der Waals surface area contributed by atoms with Gasteiger partial charge in [0.05, 0.1) is 34.6 Å². The van der Waals surface area contributed by atoms with E-state index < -0.39 is 17.6 Å². The van der Waals surface area contributed by atoms with Crippen LogP contribution in [0.5, 0.6) is 5.75 Å². The lowest BCUT2D eigenvalue weighted by Gasteiger charge is -2.19. The van der Waals surface area contributed by atoms with Crippen LogP contribution in [0.4, 0.5) is 24.5 Å². The van der Waals surface area contributed by atoms with E-state index in [1.165, 1.54) is 25.3 Å². The third kappa shape index (κ3) is 4.38. The monoisotopic (exact) mass is 437 g/mol. The molecule has 0 saturated carbocycles. The predicted octanol–water partition coefficient (Wildman–Crippen LogP) is 5.48. The highest BCUT2D eigenvalue weighted by Crippen LogP contribution is 2.38. The number of anilines is 2. The number of hydrogen-bond acceptors (Lipinski definition) is 3. The molecule has 0 aliphatic carbocycles. The number of hydrogen-bond donors (Lipinski definition) is 1. The van der Waals surface area contributed by atoms with Gasteiger partial charge in [0.15, 0.2) is 0 Å². The van der Waals surface area contributed by atoms with Gasteiger partial charge in [-0.05, 0) is 36.4 Å². The first-order valence-corrected chi connectivity index (χ1v) is 9.20. The van der Waals surface area contributed by atoms with Gasteiger partial charge < -0.3 is 19.5 Å². The van der Waals surface area contributed by atoms with E-state index in [2.05, 4.69) is 5.32 Å². The zero-order valence-corrected chi connectivity index (χ0v) is 17.2. The largest absolute Gasteiger partial charge is 0.496 e. The molecule has 0 unspecified atom stereocenters. The molecule has 30 heavy (non-hydrogen) atoms. The fourth-order valence-corrected chi connectivity index (χ4v) is 3.19. The summed E-state index contributed by atoms with van der Waals surface area (Å²) in [5, 5.41) is 2.58. The van der Waals surface area contributed by atoms with Crippen molar-refractivity contribution in [3.05, 3.63) is 71.0 Å². The van der Waals surface area contributed by atoms with Crippen LogP contribution in [-0.2, 0) is 6.18 Å². The first-order valence-electron chi connectivity index (χ1n) is 8.82. The first kappa shape index (κ1) is 21.6. The number of aromatic nitrogens is 1. The van der Waals surface area contributed by atoms with E-state index in [4.69, 9.17) is 16.3 Å². The van der Waals surface area contributed by atoms with Crippen molar-refractivity contribution in [2.45, 2.75) is 6.18 Å². The number of nitrogens with one attached hydrogen (secondary N) is 1. The maximum absolute atomic E-state index is 13.5. The van der Waals surface area contributed by atoms with Gasteiger partial charge in [0.25, 0.3) is 5.91 Å². The molecule has 3 rings (SSSR count). The number of ether oxygens (including phenoxy) is 1. The Bertz CT molecular complexity index is 1060. The molecule has 5 nitrogen and oxygen atoms in total. The summed E-state index contributed by atoms with van der Waals surface area (Å²) in [6, 6.07) is 10.2. The first-order chi connectivity index (χ1) is 14.1. The van der Waals surface area contributed by atoms with E-state index in [1.807, 2.05) is 0 Å². The van der Waals surface area contributed by atoms with Crippen LogP contribution in [-0.4, -0.2) is 31.7 Å². The molecule has 9 heteroatoms. The van der Waals surface area contributed by atoms with E-state index in [0.717, 1.165) is 6.07 Å². The smallest absolute Gasteiger partial charge is 0.418 e. The lowest BCUT2D eigenvalue weighted by molar-refractivity contribution is -0.136. The van der Waals surface area contributed by atoms with E-state index in [9.17, 15) is 18.0 Å². The highest BCUT2D eigenvalue weighted by molar-refractivity contribution is 6.33. The molecule has 158 valence electrons. The topological polar surface area (TPSA) is 46.5 Å². The normalized spacial score (nSPS) is 11.3. The number of methoxy groups -OCH3 is 1. The van der Waals surface area contributed by atoms with E-state index in [1.54, 1.807) is 54.2 Å². The summed E-state index contributed by atoms with van der Waals surface area (Å²) in [6.07, 6.45) is -1.11. The zero-order valence-electron chi connectivity index (χ0n) is 16.4. The molecular weight excluding hydrogens is 419 g/mol. The number of alkyl halides is 3. The molecule has 3 aromatic rings. The fraction of sp³-hybridized carbons (Fsp3) is 0.190. The lowest BCUT2D eigenvalue weighted by atomic mass is 10.1. The molecule has 1 N–H and O–H groups in total. The Balaban J connectivity index is 1.99. The summed E-state index contributed by atoms with van der Waals surface area (Å²) in [4.78, 5) is 14.4. The molecule has 0 bridgehead atoms. The summed E-state index contributed by atoms with van der Waals surface area (Å²) in [6.45, 7) is 0. The second-order valence-electron chi connectivity index (χ2n) is 6.67. The van der Waals surface area contributed by atoms with E-state index in [-0.39, 0.29) is 22.0 Å². The SMILES string of the molecule is COc1cc(-n2cccc2)c(Cl)cc1C(=O)Nc1ccc(N(C)C)cc1C(F)(F)F. The lowest BCUT2D eigenvalue weighted by Crippen LogP contribution is -2.19. The van der Waals surface area contributed by atoms with Crippen LogP contribution >= 0.6 is 11.6 Å². The standard InChI is InChI=1S/C21H19ClF3N3O2/c1-27(2)13-6-7-17(15(10-13)21(23,24)25)26-20(29)14-11-16(22)18(12-19(14)30-3)28-8-4-5-9-28/h4-12H,1-3H3,(H,26,29). The second-order valence-corrected chi connectivity index (χ2v) is 7.08. The van der Waals surface area contributed by atoms with Gasteiger partial charge in [-0.1, -0.05) is 11.6 Å².